The molecule has 11 nitrogen and oxygen atoms in total. The highest BCUT2D eigenvalue weighted by molar-refractivity contribution is 5.92. The largest absolute Gasteiger partial charge is 0.370 e. The minimum atomic E-state index is -0.740. The van der Waals surface area contributed by atoms with Crippen LogP contribution in [0.1, 0.15) is 29.5 Å². The monoisotopic (exact) mass is 506 g/mol. The van der Waals surface area contributed by atoms with Crippen molar-refractivity contribution in [1.29, 1.82) is 0 Å². The van der Waals surface area contributed by atoms with Crippen LogP contribution in [0, 0.1) is 0 Å². The van der Waals surface area contributed by atoms with Gasteiger partial charge in [-0.3, -0.25) is 14.6 Å². The maximum atomic E-state index is 13.0. The number of carbonyl (C=O) groups is 3. The number of benzene rings is 2. The van der Waals surface area contributed by atoms with E-state index in [1.807, 2.05) is 66.3 Å². The van der Waals surface area contributed by atoms with Crippen LogP contribution in [0.25, 0.3) is 10.9 Å². The van der Waals surface area contributed by atoms with E-state index in [0.29, 0.717) is 25.9 Å². The smallest absolute Gasteiger partial charge is 0.312 e. The number of aromatic nitrogens is 1. The summed E-state index contributed by atoms with van der Waals surface area (Å²) < 4.78 is 1.98. The Morgan fingerprint density at radius 2 is 1.59 bits per heavy atom. The quantitative estimate of drug-likeness (QED) is 0.120. The number of amides is 4. The topological polar surface area (TPSA) is 183 Å². The fourth-order valence-corrected chi connectivity index (χ4v) is 4.03. The highest BCUT2D eigenvalue weighted by Crippen LogP contribution is 2.20. The lowest BCUT2D eigenvalue weighted by molar-refractivity contribution is -0.129. The summed E-state index contributed by atoms with van der Waals surface area (Å²) in [6.07, 6.45) is 2.98. The number of para-hydroxylation sites is 1. The molecule has 3 aromatic rings. The van der Waals surface area contributed by atoms with E-state index in [-0.39, 0.29) is 30.7 Å². The van der Waals surface area contributed by atoms with Crippen molar-refractivity contribution in [2.45, 2.75) is 38.4 Å². The molecular weight excluding hydrogens is 472 g/mol. The number of fused-ring (bicyclic) bond motifs is 1. The highest BCUT2D eigenvalue weighted by atomic mass is 16.2. The van der Waals surface area contributed by atoms with Crippen LogP contribution in [0.15, 0.2) is 59.7 Å². The summed E-state index contributed by atoms with van der Waals surface area (Å²) >= 11 is 0. The predicted octanol–water partition coefficient (Wildman–Crippen LogP) is 0.744. The molecule has 1 aromatic heterocycles. The normalized spacial score (nSPS) is 11.5. The van der Waals surface area contributed by atoms with Gasteiger partial charge >= 0.3 is 6.03 Å². The summed E-state index contributed by atoms with van der Waals surface area (Å²) in [6.45, 7) is 0.959. The fourth-order valence-electron chi connectivity index (χ4n) is 4.03. The summed E-state index contributed by atoms with van der Waals surface area (Å²) in [4.78, 5) is 40.8. The molecule has 4 amide bonds. The Labute approximate surface area is 215 Å². The van der Waals surface area contributed by atoms with Crippen molar-refractivity contribution >= 4 is 34.7 Å². The molecule has 0 bridgehead atoms. The first-order chi connectivity index (χ1) is 17.7. The zero-order valence-electron chi connectivity index (χ0n) is 20.9. The Bertz CT molecular complexity index is 1260. The van der Waals surface area contributed by atoms with Crippen LogP contribution in [-0.4, -0.2) is 41.0 Å². The van der Waals surface area contributed by atoms with Gasteiger partial charge in [-0.15, -0.1) is 0 Å². The number of carbonyl (C=O) groups excluding carboxylic acids is 3. The molecule has 0 fully saturated rings. The second-order valence-corrected chi connectivity index (χ2v) is 8.78. The molecule has 0 aliphatic carbocycles. The lowest BCUT2D eigenvalue weighted by atomic mass is 10.1. The number of nitrogens with one attached hydrogen (secondary N) is 3. The molecule has 1 atom stereocenters. The first-order valence-corrected chi connectivity index (χ1v) is 12.0. The number of aliphatic imine (C=N–C) groups is 1. The molecule has 2 aromatic carbocycles. The van der Waals surface area contributed by atoms with Gasteiger partial charge in [-0.25, -0.2) is 4.79 Å². The molecule has 0 aliphatic rings. The standard InChI is InChI=1S/C26H34N8O3/c1-34-16-19(20-5-2-3-7-22(20)34)13-23(35)33-21(6-4-12-30-25(27)28)24(36)31-14-17-8-10-18(11-9-17)15-32-26(29)37/h2-3,5,7-11,16,21H,4,6,12-15H2,1H3,(H,31,36)(H,33,35)(H4,27,28,30)(H3,29,32,37)/t21-/m1/s1. The molecule has 0 saturated carbocycles. The van der Waals surface area contributed by atoms with E-state index >= 15 is 0 Å². The fraction of sp³-hybridized carbons (Fsp3) is 0.308. The van der Waals surface area contributed by atoms with E-state index < -0.39 is 12.1 Å². The van der Waals surface area contributed by atoms with E-state index in [0.717, 1.165) is 27.6 Å². The third-order valence-corrected chi connectivity index (χ3v) is 5.88. The average Bonchev–Trinajstić information content (AvgIpc) is 3.18. The number of nitrogens with zero attached hydrogens (tertiary/aromatic N) is 2. The van der Waals surface area contributed by atoms with Crippen molar-refractivity contribution in [3.63, 3.8) is 0 Å². The van der Waals surface area contributed by atoms with E-state index in [1.54, 1.807) is 0 Å². The molecule has 1 heterocycles. The van der Waals surface area contributed by atoms with Crippen LogP contribution >= 0.6 is 0 Å². The maximum Gasteiger partial charge on any atom is 0.312 e. The lowest BCUT2D eigenvalue weighted by Crippen LogP contribution is -2.47. The second-order valence-electron chi connectivity index (χ2n) is 8.78. The minimum absolute atomic E-state index is 0.0181. The van der Waals surface area contributed by atoms with E-state index in [2.05, 4.69) is 20.9 Å². The van der Waals surface area contributed by atoms with Crippen molar-refractivity contribution in [3.8, 4) is 0 Å². The van der Waals surface area contributed by atoms with Crippen LogP contribution < -0.4 is 33.2 Å². The van der Waals surface area contributed by atoms with Gasteiger partial charge in [0.1, 0.15) is 6.04 Å². The third-order valence-electron chi connectivity index (χ3n) is 5.88. The average molecular weight is 507 g/mol. The minimum Gasteiger partial charge on any atom is -0.370 e. The third kappa shape index (κ3) is 8.27. The molecule has 11 heteroatoms. The Balaban J connectivity index is 1.61. The van der Waals surface area contributed by atoms with Crippen LogP contribution in [0.4, 0.5) is 4.79 Å². The number of hydrogen-bond donors (Lipinski definition) is 6. The number of nitrogens with two attached hydrogens (primary N) is 3. The Kier molecular flexibility index (Phi) is 9.48. The van der Waals surface area contributed by atoms with Gasteiger partial charge in [-0.05, 0) is 35.6 Å². The van der Waals surface area contributed by atoms with Crippen LogP contribution in [0.2, 0.25) is 0 Å². The number of aryl methyl sites for hydroxylation is 1. The Hall–Kier alpha value is -4.54. The van der Waals surface area contributed by atoms with E-state index in [4.69, 9.17) is 17.2 Å². The number of rotatable bonds is 12. The summed E-state index contributed by atoms with van der Waals surface area (Å²) in [7, 11) is 1.93. The van der Waals surface area contributed by atoms with Crippen LogP contribution in [-0.2, 0) is 36.1 Å². The van der Waals surface area contributed by atoms with Crippen molar-refractivity contribution in [1.82, 2.24) is 20.5 Å². The molecule has 9 N–H and O–H groups in total. The van der Waals surface area contributed by atoms with Gasteiger partial charge in [0, 0.05) is 43.8 Å². The first kappa shape index (κ1) is 27.1. The number of guanidine groups is 1. The molecule has 3 rings (SSSR count). The summed E-state index contributed by atoms with van der Waals surface area (Å²) in [5.74, 6) is -0.560. The molecule has 0 radical (unpaired) electrons. The summed E-state index contributed by atoms with van der Waals surface area (Å²) in [5, 5.41) is 9.30. The lowest BCUT2D eigenvalue weighted by Gasteiger charge is -2.18. The van der Waals surface area contributed by atoms with Crippen molar-refractivity contribution < 1.29 is 14.4 Å². The van der Waals surface area contributed by atoms with E-state index in [9.17, 15) is 14.4 Å². The molecular formula is C26H34N8O3. The van der Waals surface area contributed by atoms with Gasteiger partial charge in [0.25, 0.3) is 0 Å². The molecule has 37 heavy (non-hydrogen) atoms. The highest BCUT2D eigenvalue weighted by Gasteiger charge is 2.21. The van der Waals surface area contributed by atoms with Gasteiger partial charge in [0.2, 0.25) is 11.8 Å². The zero-order chi connectivity index (χ0) is 26.8. The summed E-state index contributed by atoms with van der Waals surface area (Å²) in [6, 6.07) is 13.9. The van der Waals surface area contributed by atoms with E-state index in [1.165, 1.54) is 0 Å². The van der Waals surface area contributed by atoms with Crippen LogP contribution in [0.5, 0.6) is 0 Å². The number of primary amides is 1. The molecule has 0 spiro atoms. The molecule has 196 valence electrons. The summed E-state index contributed by atoms with van der Waals surface area (Å²) in [5.41, 5.74) is 19.6. The first-order valence-electron chi connectivity index (χ1n) is 12.0. The number of hydrogen-bond acceptors (Lipinski definition) is 4. The number of urea groups is 1. The SMILES string of the molecule is Cn1cc(CC(=O)N[C@H](CCCN=C(N)N)C(=O)NCc2ccc(CNC(N)=O)cc2)c2ccccc21. The zero-order valence-corrected chi connectivity index (χ0v) is 20.9. The van der Waals surface area contributed by atoms with Crippen LogP contribution in [0.3, 0.4) is 0 Å². The molecule has 0 aliphatic heterocycles. The van der Waals surface area contributed by atoms with Gasteiger partial charge in [0.15, 0.2) is 5.96 Å². The van der Waals surface area contributed by atoms with Gasteiger partial charge in [-0.1, -0.05) is 42.5 Å². The van der Waals surface area contributed by atoms with Crippen molar-refractivity contribution in [3.05, 3.63) is 71.4 Å². The maximum absolute atomic E-state index is 13.0. The van der Waals surface area contributed by atoms with Gasteiger partial charge < -0.3 is 37.7 Å². The van der Waals surface area contributed by atoms with Gasteiger partial charge in [-0.2, -0.15) is 0 Å². The Morgan fingerprint density at radius 1 is 0.946 bits per heavy atom. The van der Waals surface area contributed by atoms with Crippen molar-refractivity contribution in [2.24, 2.45) is 29.2 Å². The molecule has 0 saturated heterocycles. The Morgan fingerprint density at radius 3 is 2.24 bits per heavy atom. The predicted molar refractivity (Wildman–Crippen MR) is 143 cm³/mol. The van der Waals surface area contributed by atoms with Crippen molar-refractivity contribution in [2.75, 3.05) is 6.54 Å². The van der Waals surface area contributed by atoms with Gasteiger partial charge in [0.05, 0.1) is 6.42 Å². The molecule has 0 unspecified atom stereocenters. The second kappa shape index (κ2) is 13.0.